The van der Waals surface area contributed by atoms with E-state index in [0.717, 1.165) is 26.2 Å². The predicted molar refractivity (Wildman–Crippen MR) is 75.1 cm³/mol. The number of carbonyl (C=O) groups is 1. The van der Waals surface area contributed by atoms with E-state index in [9.17, 15) is 9.59 Å². The Morgan fingerprint density at radius 2 is 2.05 bits per heavy atom. The topological polar surface area (TPSA) is 69.6 Å². The van der Waals surface area contributed by atoms with Gasteiger partial charge in [-0.2, -0.15) is 0 Å². The van der Waals surface area contributed by atoms with Gasteiger partial charge < -0.3 is 9.32 Å². The number of nitrogens with zero attached hydrogens (tertiary/aromatic N) is 2. The van der Waals surface area contributed by atoms with Gasteiger partial charge in [0, 0.05) is 31.7 Å². The van der Waals surface area contributed by atoms with E-state index in [2.05, 4.69) is 21.8 Å². The Morgan fingerprint density at radius 3 is 2.80 bits per heavy atom. The summed E-state index contributed by atoms with van der Waals surface area (Å²) in [6.07, 6.45) is 0. The largest absolute Gasteiger partial charge is 0.417 e. The monoisotopic (exact) mass is 275 g/mol. The number of fused-ring (bicyclic) bond motifs is 1. The number of carbonyl (C=O) groups excluding carboxylic acids is 1. The van der Waals surface area contributed by atoms with E-state index in [1.54, 1.807) is 18.2 Å². The fraction of sp³-hybridized carbons (Fsp3) is 0.429. The van der Waals surface area contributed by atoms with Gasteiger partial charge in [0.25, 0.3) is 0 Å². The molecule has 0 saturated carbocycles. The van der Waals surface area contributed by atoms with Crippen molar-refractivity contribution in [3.63, 3.8) is 0 Å². The number of H-pyrrole nitrogens is 1. The van der Waals surface area contributed by atoms with Crippen LogP contribution in [0.4, 0.5) is 0 Å². The van der Waals surface area contributed by atoms with Crippen molar-refractivity contribution in [1.29, 1.82) is 0 Å². The lowest BCUT2D eigenvalue weighted by atomic mass is 10.1. The van der Waals surface area contributed by atoms with Crippen LogP contribution in [0, 0.1) is 0 Å². The first-order valence-corrected chi connectivity index (χ1v) is 6.69. The summed E-state index contributed by atoms with van der Waals surface area (Å²) < 4.78 is 4.98. The SMILES string of the molecule is CN1CCN(CC(=O)c2ccc3[nH]c(=O)oc3c2)CC1. The van der Waals surface area contributed by atoms with Crippen molar-refractivity contribution >= 4 is 16.9 Å². The second-order valence-electron chi connectivity index (χ2n) is 5.23. The van der Waals surface area contributed by atoms with Crippen LogP contribution in [0.5, 0.6) is 0 Å². The van der Waals surface area contributed by atoms with E-state index in [-0.39, 0.29) is 5.78 Å². The van der Waals surface area contributed by atoms with Gasteiger partial charge in [-0.05, 0) is 25.2 Å². The molecule has 1 fully saturated rings. The molecule has 6 nitrogen and oxygen atoms in total. The maximum Gasteiger partial charge on any atom is 0.417 e. The Kier molecular flexibility index (Phi) is 3.42. The van der Waals surface area contributed by atoms with E-state index in [4.69, 9.17) is 4.42 Å². The molecule has 6 heteroatoms. The van der Waals surface area contributed by atoms with Crippen molar-refractivity contribution in [1.82, 2.24) is 14.8 Å². The third-order valence-electron chi connectivity index (χ3n) is 3.71. The number of nitrogens with one attached hydrogen (secondary N) is 1. The second-order valence-corrected chi connectivity index (χ2v) is 5.23. The average Bonchev–Trinajstić information content (AvgIpc) is 2.80. The van der Waals surface area contributed by atoms with Crippen LogP contribution in [0.1, 0.15) is 10.4 Å². The summed E-state index contributed by atoms with van der Waals surface area (Å²) >= 11 is 0. The molecule has 0 unspecified atom stereocenters. The van der Waals surface area contributed by atoms with E-state index < -0.39 is 5.76 Å². The Bertz CT molecular complexity index is 680. The molecule has 1 aliphatic rings. The molecule has 106 valence electrons. The van der Waals surface area contributed by atoms with Crippen LogP contribution in [-0.2, 0) is 0 Å². The van der Waals surface area contributed by atoms with Gasteiger partial charge >= 0.3 is 5.76 Å². The smallest absolute Gasteiger partial charge is 0.408 e. The summed E-state index contributed by atoms with van der Waals surface area (Å²) in [5.74, 6) is -0.441. The molecule has 0 spiro atoms. The minimum atomic E-state index is -0.497. The number of aromatic amines is 1. The van der Waals surface area contributed by atoms with Gasteiger partial charge in [0.05, 0.1) is 12.1 Å². The highest BCUT2D eigenvalue weighted by atomic mass is 16.4. The van der Waals surface area contributed by atoms with Crippen LogP contribution in [0.25, 0.3) is 11.1 Å². The van der Waals surface area contributed by atoms with Crippen molar-refractivity contribution < 1.29 is 9.21 Å². The number of rotatable bonds is 3. The zero-order valence-electron chi connectivity index (χ0n) is 11.4. The quantitative estimate of drug-likeness (QED) is 0.828. The molecule has 1 aliphatic heterocycles. The van der Waals surface area contributed by atoms with Crippen LogP contribution >= 0.6 is 0 Å². The van der Waals surface area contributed by atoms with E-state index in [1.807, 2.05) is 0 Å². The number of ketones is 1. The minimum Gasteiger partial charge on any atom is -0.408 e. The Morgan fingerprint density at radius 1 is 1.30 bits per heavy atom. The average molecular weight is 275 g/mol. The van der Waals surface area contributed by atoms with Crippen LogP contribution in [0.3, 0.4) is 0 Å². The molecule has 1 saturated heterocycles. The highest BCUT2D eigenvalue weighted by Gasteiger charge is 2.18. The summed E-state index contributed by atoms with van der Waals surface area (Å²) in [6, 6.07) is 5.06. The third kappa shape index (κ3) is 2.66. The fourth-order valence-electron chi connectivity index (χ4n) is 2.42. The molecule has 0 amide bonds. The lowest BCUT2D eigenvalue weighted by molar-refractivity contribution is 0.0876. The molecule has 0 bridgehead atoms. The first-order valence-electron chi connectivity index (χ1n) is 6.69. The third-order valence-corrected chi connectivity index (χ3v) is 3.71. The number of aromatic nitrogens is 1. The highest BCUT2D eigenvalue weighted by Crippen LogP contribution is 2.13. The minimum absolute atomic E-state index is 0.0558. The summed E-state index contributed by atoms with van der Waals surface area (Å²) in [5, 5.41) is 0. The van der Waals surface area contributed by atoms with Crippen molar-refractivity contribution in [2.45, 2.75) is 0 Å². The molecular weight excluding hydrogens is 258 g/mol. The van der Waals surface area contributed by atoms with Gasteiger partial charge in [-0.15, -0.1) is 0 Å². The summed E-state index contributed by atoms with van der Waals surface area (Å²) in [6.45, 7) is 4.19. The molecular formula is C14H17N3O3. The standard InChI is InChI=1S/C14H17N3O3/c1-16-4-6-17(7-5-16)9-12(18)10-2-3-11-13(8-10)20-14(19)15-11/h2-3,8H,4-7,9H2,1H3,(H,15,19). The number of piperazine rings is 1. The zero-order valence-corrected chi connectivity index (χ0v) is 11.4. The first kappa shape index (κ1) is 13.1. The summed E-state index contributed by atoms with van der Waals surface area (Å²) in [5.41, 5.74) is 1.63. The van der Waals surface area contributed by atoms with Gasteiger partial charge in [-0.3, -0.25) is 14.7 Å². The lowest BCUT2D eigenvalue weighted by Gasteiger charge is -2.31. The molecule has 2 aromatic rings. The molecule has 1 aromatic carbocycles. The van der Waals surface area contributed by atoms with Crippen molar-refractivity contribution in [3.05, 3.63) is 34.3 Å². The predicted octanol–water partition coefficient (Wildman–Crippen LogP) is 0.551. The molecule has 1 N–H and O–H groups in total. The van der Waals surface area contributed by atoms with Crippen LogP contribution in [0.2, 0.25) is 0 Å². The van der Waals surface area contributed by atoms with Crippen molar-refractivity contribution in [3.8, 4) is 0 Å². The van der Waals surface area contributed by atoms with Gasteiger partial charge in [-0.1, -0.05) is 0 Å². The number of likely N-dealkylation sites (N-methyl/N-ethyl adjacent to an activating group) is 1. The maximum atomic E-state index is 12.3. The lowest BCUT2D eigenvalue weighted by Crippen LogP contribution is -2.46. The van der Waals surface area contributed by atoms with Gasteiger partial charge in [0.2, 0.25) is 0 Å². The Labute approximate surface area is 116 Å². The van der Waals surface area contributed by atoms with Crippen LogP contribution in [0.15, 0.2) is 27.4 Å². The van der Waals surface area contributed by atoms with Crippen molar-refractivity contribution in [2.75, 3.05) is 39.8 Å². The highest BCUT2D eigenvalue weighted by molar-refractivity contribution is 5.99. The Balaban J connectivity index is 1.73. The number of Topliss-reactive ketones (excluding diaryl/α,β-unsaturated/α-hetero) is 1. The Hall–Kier alpha value is -1.92. The van der Waals surface area contributed by atoms with Crippen LogP contribution in [-0.4, -0.2) is 60.3 Å². The summed E-state index contributed by atoms with van der Waals surface area (Å²) in [7, 11) is 2.08. The number of hydrogen-bond donors (Lipinski definition) is 1. The van der Waals surface area contributed by atoms with E-state index in [1.165, 1.54) is 0 Å². The second kappa shape index (κ2) is 5.22. The number of hydrogen-bond acceptors (Lipinski definition) is 5. The van der Waals surface area contributed by atoms with E-state index >= 15 is 0 Å². The van der Waals surface area contributed by atoms with Gasteiger partial charge in [-0.25, -0.2) is 4.79 Å². The number of oxazole rings is 1. The van der Waals surface area contributed by atoms with Gasteiger partial charge in [0.1, 0.15) is 0 Å². The number of benzene rings is 1. The van der Waals surface area contributed by atoms with Crippen molar-refractivity contribution in [2.24, 2.45) is 0 Å². The first-order chi connectivity index (χ1) is 9.61. The normalized spacial score (nSPS) is 17.6. The fourth-order valence-corrected chi connectivity index (χ4v) is 2.42. The summed E-state index contributed by atoms with van der Waals surface area (Å²) in [4.78, 5) is 30.3. The van der Waals surface area contributed by atoms with E-state index in [0.29, 0.717) is 23.2 Å². The zero-order chi connectivity index (χ0) is 14.1. The molecule has 3 rings (SSSR count). The molecule has 2 heterocycles. The van der Waals surface area contributed by atoms with Gasteiger partial charge in [0.15, 0.2) is 11.4 Å². The molecule has 0 atom stereocenters. The molecule has 20 heavy (non-hydrogen) atoms. The molecule has 1 aromatic heterocycles. The van der Waals surface area contributed by atoms with Crippen LogP contribution < -0.4 is 5.76 Å². The molecule has 0 radical (unpaired) electrons. The maximum absolute atomic E-state index is 12.3. The molecule has 0 aliphatic carbocycles.